The summed E-state index contributed by atoms with van der Waals surface area (Å²) in [4.78, 5) is 0. The first kappa shape index (κ1) is 12.4. The summed E-state index contributed by atoms with van der Waals surface area (Å²) in [6.45, 7) is 3.68. The lowest BCUT2D eigenvalue weighted by Gasteiger charge is -2.14. The number of fused-ring (bicyclic) bond motifs is 1. The van der Waals surface area contributed by atoms with Gasteiger partial charge in [-0.05, 0) is 30.7 Å². The van der Waals surface area contributed by atoms with Crippen molar-refractivity contribution in [1.82, 2.24) is 0 Å². The molecule has 0 aliphatic carbocycles. The molecule has 1 heterocycles. The summed E-state index contributed by atoms with van der Waals surface area (Å²) in [6, 6.07) is 14.2. The fourth-order valence-electron chi connectivity index (χ4n) is 2.42. The van der Waals surface area contributed by atoms with Gasteiger partial charge in [-0.3, -0.25) is 0 Å². The molecule has 2 nitrogen and oxygen atoms in total. The number of ether oxygens (including phenoxy) is 1. The third-order valence-corrected chi connectivity index (χ3v) is 3.77. The summed E-state index contributed by atoms with van der Waals surface area (Å²) in [5.74, 6) is 1.41. The number of hydrogen-bond acceptors (Lipinski definition) is 2. The quantitative estimate of drug-likeness (QED) is 0.903. The smallest absolute Gasteiger partial charge is 0.122 e. The van der Waals surface area contributed by atoms with E-state index in [0.29, 0.717) is 5.92 Å². The predicted octanol–water partition coefficient (Wildman–Crippen LogP) is 4.24. The fourth-order valence-corrected chi connectivity index (χ4v) is 2.59. The second-order valence-electron chi connectivity index (χ2n) is 4.89. The molecule has 98 valence electrons. The molecule has 0 fully saturated rings. The molecule has 2 aromatic carbocycles. The number of nitrogens with one attached hydrogen (secondary N) is 1. The van der Waals surface area contributed by atoms with Crippen molar-refractivity contribution in [2.75, 3.05) is 18.5 Å². The first-order chi connectivity index (χ1) is 9.24. The van der Waals surface area contributed by atoms with Crippen LogP contribution in [0.25, 0.3) is 0 Å². The molecule has 3 rings (SSSR count). The Morgan fingerprint density at radius 3 is 3.00 bits per heavy atom. The van der Waals surface area contributed by atoms with Crippen LogP contribution >= 0.6 is 11.6 Å². The monoisotopic (exact) mass is 273 g/mol. The summed E-state index contributed by atoms with van der Waals surface area (Å²) in [5, 5.41) is 4.23. The maximum absolute atomic E-state index is 6.03. The molecule has 0 aromatic heterocycles. The number of hydrogen-bond donors (Lipinski definition) is 1. The number of para-hydroxylation sites is 1. The van der Waals surface area contributed by atoms with Gasteiger partial charge in [0.15, 0.2) is 0 Å². The van der Waals surface area contributed by atoms with Crippen LogP contribution in [0.4, 0.5) is 5.69 Å². The highest BCUT2D eigenvalue weighted by Crippen LogP contribution is 2.33. The Morgan fingerprint density at radius 1 is 1.26 bits per heavy atom. The molecule has 19 heavy (non-hydrogen) atoms. The van der Waals surface area contributed by atoms with Crippen LogP contribution in [0.15, 0.2) is 42.5 Å². The summed E-state index contributed by atoms with van der Waals surface area (Å²) >= 11 is 6.03. The van der Waals surface area contributed by atoms with Gasteiger partial charge in [-0.1, -0.05) is 35.9 Å². The molecule has 1 atom stereocenters. The zero-order chi connectivity index (χ0) is 13.2. The normalized spacial score (nSPS) is 16.8. The highest BCUT2D eigenvalue weighted by molar-refractivity contribution is 6.30. The largest absolute Gasteiger partial charge is 0.493 e. The number of benzene rings is 2. The molecule has 0 spiro atoms. The van der Waals surface area contributed by atoms with Crippen LogP contribution in [0.5, 0.6) is 5.75 Å². The Morgan fingerprint density at radius 2 is 2.11 bits per heavy atom. The van der Waals surface area contributed by atoms with Gasteiger partial charge in [0.1, 0.15) is 5.75 Å². The zero-order valence-electron chi connectivity index (χ0n) is 10.8. The molecule has 0 saturated carbocycles. The number of rotatable bonds is 3. The van der Waals surface area contributed by atoms with E-state index in [9.17, 15) is 0 Å². The van der Waals surface area contributed by atoms with Gasteiger partial charge in [0.2, 0.25) is 0 Å². The first-order valence-electron chi connectivity index (χ1n) is 6.46. The minimum atomic E-state index is 0.398. The lowest BCUT2D eigenvalue weighted by molar-refractivity contribution is 0.334. The van der Waals surface area contributed by atoms with E-state index < -0.39 is 0 Å². The second kappa shape index (κ2) is 5.14. The average Bonchev–Trinajstić information content (AvgIpc) is 2.83. The third kappa shape index (κ3) is 2.54. The lowest BCUT2D eigenvalue weighted by atomic mass is 10.0. The van der Waals surface area contributed by atoms with Gasteiger partial charge < -0.3 is 10.1 Å². The van der Waals surface area contributed by atoms with Crippen molar-refractivity contribution in [3.8, 4) is 5.75 Å². The van der Waals surface area contributed by atoms with Crippen molar-refractivity contribution in [3.63, 3.8) is 0 Å². The number of anilines is 1. The van der Waals surface area contributed by atoms with E-state index in [-0.39, 0.29) is 0 Å². The van der Waals surface area contributed by atoms with Gasteiger partial charge in [-0.25, -0.2) is 0 Å². The van der Waals surface area contributed by atoms with Gasteiger partial charge in [-0.2, -0.15) is 0 Å². The Hall–Kier alpha value is -1.67. The van der Waals surface area contributed by atoms with Gasteiger partial charge in [0.05, 0.1) is 6.61 Å². The number of halogens is 1. The van der Waals surface area contributed by atoms with E-state index in [2.05, 4.69) is 24.4 Å². The van der Waals surface area contributed by atoms with Crippen molar-refractivity contribution in [3.05, 3.63) is 58.6 Å². The van der Waals surface area contributed by atoms with Crippen LogP contribution in [0, 0.1) is 6.92 Å². The summed E-state index contributed by atoms with van der Waals surface area (Å²) in [5.41, 5.74) is 3.59. The molecule has 0 amide bonds. The summed E-state index contributed by atoms with van der Waals surface area (Å²) in [6.07, 6.45) is 0. The van der Waals surface area contributed by atoms with Gasteiger partial charge in [-0.15, -0.1) is 0 Å². The molecule has 1 aliphatic heterocycles. The average molecular weight is 274 g/mol. The van der Waals surface area contributed by atoms with Crippen molar-refractivity contribution >= 4 is 17.3 Å². The zero-order valence-corrected chi connectivity index (χ0v) is 11.6. The third-order valence-electron chi connectivity index (χ3n) is 3.54. The van der Waals surface area contributed by atoms with Crippen LogP contribution in [-0.4, -0.2) is 13.2 Å². The van der Waals surface area contributed by atoms with Crippen LogP contribution in [0.1, 0.15) is 17.0 Å². The Labute approximate surface area is 118 Å². The first-order valence-corrected chi connectivity index (χ1v) is 6.83. The summed E-state index contributed by atoms with van der Waals surface area (Å²) < 4.78 is 5.69. The highest BCUT2D eigenvalue weighted by atomic mass is 35.5. The van der Waals surface area contributed by atoms with Gasteiger partial charge >= 0.3 is 0 Å². The molecule has 1 unspecified atom stereocenters. The lowest BCUT2D eigenvalue weighted by Crippen LogP contribution is -2.14. The molecule has 0 radical (unpaired) electrons. The van der Waals surface area contributed by atoms with Gasteiger partial charge in [0, 0.05) is 28.7 Å². The van der Waals surface area contributed by atoms with Crippen molar-refractivity contribution < 1.29 is 4.74 Å². The van der Waals surface area contributed by atoms with Crippen LogP contribution in [0.2, 0.25) is 5.02 Å². The SMILES string of the molecule is Cc1ccc(Cl)cc1NCC1COc2ccccc21. The van der Waals surface area contributed by atoms with Crippen LogP contribution in [0.3, 0.4) is 0 Å². The van der Waals surface area contributed by atoms with Crippen LogP contribution < -0.4 is 10.1 Å². The van der Waals surface area contributed by atoms with Gasteiger partial charge in [0.25, 0.3) is 0 Å². The van der Waals surface area contributed by atoms with E-state index in [1.54, 1.807) is 0 Å². The molecule has 0 saturated heterocycles. The Bertz CT molecular complexity index is 597. The Balaban J connectivity index is 1.72. The molecular weight excluding hydrogens is 258 g/mol. The maximum atomic E-state index is 6.03. The molecule has 0 bridgehead atoms. The van der Waals surface area contributed by atoms with Crippen molar-refractivity contribution in [1.29, 1.82) is 0 Å². The molecular formula is C16H16ClNO. The molecule has 2 aromatic rings. The van der Waals surface area contributed by atoms with Crippen molar-refractivity contribution in [2.24, 2.45) is 0 Å². The van der Waals surface area contributed by atoms with Crippen molar-refractivity contribution in [2.45, 2.75) is 12.8 Å². The second-order valence-corrected chi connectivity index (χ2v) is 5.32. The molecule has 1 N–H and O–H groups in total. The molecule has 1 aliphatic rings. The van der Waals surface area contributed by atoms with E-state index in [4.69, 9.17) is 16.3 Å². The van der Waals surface area contributed by atoms with Crippen LogP contribution in [-0.2, 0) is 0 Å². The topological polar surface area (TPSA) is 21.3 Å². The summed E-state index contributed by atoms with van der Waals surface area (Å²) in [7, 11) is 0. The van der Waals surface area contributed by atoms with E-state index in [1.807, 2.05) is 30.3 Å². The van der Waals surface area contributed by atoms with E-state index in [1.165, 1.54) is 11.1 Å². The highest BCUT2D eigenvalue weighted by Gasteiger charge is 2.23. The minimum Gasteiger partial charge on any atom is -0.493 e. The standard InChI is InChI=1S/C16H16ClNO/c1-11-6-7-13(17)8-15(11)18-9-12-10-19-16-5-3-2-4-14(12)16/h2-8,12,18H,9-10H2,1H3. The maximum Gasteiger partial charge on any atom is 0.122 e. The number of aryl methyl sites for hydroxylation is 1. The predicted molar refractivity (Wildman–Crippen MR) is 79.4 cm³/mol. The van der Waals surface area contributed by atoms with E-state index in [0.717, 1.165) is 29.6 Å². The fraction of sp³-hybridized carbons (Fsp3) is 0.250. The Kier molecular flexibility index (Phi) is 3.34. The van der Waals surface area contributed by atoms with E-state index >= 15 is 0 Å². The molecule has 3 heteroatoms. The minimum absolute atomic E-state index is 0.398.